The van der Waals surface area contributed by atoms with Crippen LogP contribution in [-0.4, -0.2) is 24.1 Å². The van der Waals surface area contributed by atoms with E-state index in [2.05, 4.69) is 10.3 Å². The lowest BCUT2D eigenvalue weighted by Crippen LogP contribution is -2.28. The van der Waals surface area contributed by atoms with Crippen molar-refractivity contribution in [2.24, 2.45) is 5.92 Å². The molecule has 0 saturated carbocycles. The maximum absolute atomic E-state index is 12.3. The number of halogens is 1. The first-order valence-electron chi connectivity index (χ1n) is 6.83. The Morgan fingerprint density at radius 1 is 1.33 bits per heavy atom. The third-order valence-electron chi connectivity index (χ3n) is 3.46. The first-order valence-corrected chi connectivity index (χ1v) is 8.03. The van der Waals surface area contributed by atoms with Crippen molar-refractivity contribution in [3.63, 3.8) is 0 Å². The van der Waals surface area contributed by atoms with E-state index in [1.54, 1.807) is 6.20 Å². The van der Waals surface area contributed by atoms with Crippen LogP contribution in [0.25, 0.3) is 10.6 Å². The number of pyridine rings is 1. The van der Waals surface area contributed by atoms with Gasteiger partial charge in [-0.2, -0.15) is 0 Å². The average molecular weight is 323 g/mol. The van der Waals surface area contributed by atoms with Gasteiger partial charge in [-0.15, -0.1) is 11.3 Å². The van der Waals surface area contributed by atoms with Gasteiger partial charge in [0, 0.05) is 25.3 Å². The highest BCUT2D eigenvalue weighted by molar-refractivity contribution is 7.19. The van der Waals surface area contributed by atoms with Crippen molar-refractivity contribution in [1.29, 1.82) is 0 Å². The molecule has 2 aromatic rings. The van der Waals surface area contributed by atoms with Gasteiger partial charge in [0.2, 0.25) is 5.91 Å². The summed E-state index contributed by atoms with van der Waals surface area (Å²) in [6, 6.07) is 7.44. The fourth-order valence-corrected chi connectivity index (χ4v) is 3.39. The molecular weight excluding hydrogens is 308 g/mol. The van der Waals surface area contributed by atoms with Gasteiger partial charge in [-0.05, 0) is 37.1 Å². The highest BCUT2D eigenvalue weighted by atomic mass is 35.5. The predicted octanol–water partition coefficient (Wildman–Crippen LogP) is 3.83. The molecule has 1 aliphatic rings. The lowest BCUT2D eigenvalue weighted by Gasteiger charge is -2.21. The smallest absolute Gasteiger partial charge is 0.227 e. The number of carbonyl (C=O) groups excluding carboxylic acids is 1. The molecule has 1 aliphatic heterocycles. The van der Waals surface area contributed by atoms with Gasteiger partial charge in [0.05, 0.1) is 14.9 Å². The standard InChI is InChI=1S/C15H15ClN2O2S/c16-13-4-3-12(21-13)14-11(2-1-7-17-14)18-15(19)10-5-8-20-9-6-10/h1-4,7,10H,5-6,8-9H2,(H,18,19). The Bertz CT molecular complexity index is 638. The van der Waals surface area contributed by atoms with Crippen molar-refractivity contribution < 1.29 is 9.53 Å². The zero-order chi connectivity index (χ0) is 14.7. The molecule has 3 rings (SSSR count). The quantitative estimate of drug-likeness (QED) is 0.934. The minimum atomic E-state index is 0.0127. The van der Waals surface area contributed by atoms with E-state index in [1.807, 2.05) is 24.3 Å². The minimum absolute atomic E-state index is 0.0127. The first-order chi connectivity index (χ1) is 10.2. The van der Waals surface area contributed by atoms with E-state index < -0.39 is 0 Å². The zero-order valence-electron chi connectivity index (χ0n) is 11.3. The summed E-state index contributed by atoms with van der Waals surface area (Å²) in [5, 5.41) is 2.99. The van der Waals surface area contributed by atoms with Crippen LogP contribution in [0, 0.1) is 5.92 Å². The number of anilines is 1. The van der Waals surface area contributed by atoms with Gasteiger partial charge in [0.25, 0.3) is 0 Å². The van der Waals surface area contributed by atoms with Crippen molar-refractivity contribution in [3.8, 4) is 10.6 Å². The van der Waals surface area contributed by atoms with E-state index in [0.29, 0.717) is 17.6 Å². The molecule has 110 valence electrons. The van der Waals surface area contributed by atoms with Crippen LogP contribution in [0.1, 0.15) is 12.8 Å². The van der Waals surface area contributed by atoms with Gasteiger partial charge in [-0.25, -0.2) is 0 Å². The predicted molar refractivity (Wildman–Crippen MR) is 84.7 cm³/mol. The molecule has 1 N–H and O–H groups in total. The summed E-state index contributed by atoms with van der Waals surface area (Å²) in [5.41, 5.74) is 1.49. The summed E-state index contributed by atoms with van der Waals surface area (Å²) in [5.74, 6) is 0.0499. The highest BCUT2D eigenvalue weighted by Gasteiger charge is 2.22. The molecular formula is C15H15ClN2O2S. The van der Waals surface area contributed by atoms with Crippen LogP contribution in [0.2, 0.25) is 4.34 Å². The van der Waals surface area contributed by atoms with Crippen LogP contribution in [0.3, 0.4) is 0 Å². The Morgan fingerprint density at radius 3 is 2.86 bits per heavy atom. The molecule has 0 aliphatic carbocycles. The number of ether oxygens (including phenoxy) is 1. The second-order valence-corrected chi connectivity index (χ2v) is 6.59. The molecule has 3 heterocycles. The Kier molecular flexibility index (Phi) is 4.53. The van der Waals surface area contributed by atoms with Crippen molar-refractivity contribution in [1.82, 2.24) is 4.98 Å². The number of nitrogens with one attached hydrogen (secondary N) is 1. The molecule has 1 fully saturated rings. The minimum Gasteiger partial charge on any atom is -0.381 e. The van der Waals surface area contributed by atoms with Crippen LogP contribution >= 0.6 is 22.9 Å². The number of nitrogens with zero attached hydrogens (tertiary/aromatic N) is 1. The molecule has 2 aromatic heterocycles. The highest BCUT2D eigenvalue weighted by Crippen LogP contribution is 2.34. The fourth-order valence-electron chi connectivity index (χ4n) is 2.34. The van der Waals surface area contributed by atoms with Gasteiger partial charge >= 0.3 is 0 Å². The molecule has 1 amide bonds. The van der Waals surface area contributed by atoms with E-state index in [4.69, 9.17) is 16.3 Å². The number of thiophene rings is 1. The summed E-state index contributed by atoms with van der Waals surface area (Å²) in [7, 11) is 0. The summed E-state index contributed by atoms with van der Waals surface area (Å²) < 4.78 is 6.00. The Morgan fingerprint density at radius 2 is 2.14 bits per heavy atom. The largest absolute Gasteiger partial charge is 0.381 e. The third-order valence-corrected chi connectivity index (χ3v) is 4.70. The number of aromatic nitrogens is 1. The molecule has 21 heavy (non-hydrogen) atoms. The van der Waals surface area contributed by atoms with E-state index in [1.165, 1.54) is 11.3 Å². The van der Waals surface area contributed by atoms with Crippen LogP contribution in [0.5, 0.6) is 0 Å². The first kappa shape index (κ1) is 14.5. The van der Waals surface area contributed by atoms with Crippen LogP contribution < -0.4 is 5.32 Å². The summed E-state index contributed by atoms with van der Waals surface area (Å²) in [6.45, 7) is 1.30. The lowest BCUT2D eigenvalue weighted by atomic mass is 9.99. The molecule has 0 unspecified atom stereocenters. The molecule has 0 atom stereocenters. The van der Waals surface area contributed by atoms with E-state index in [9.17, 15) is 4.79 Å². The molecule has 0 spiro atoms. The van der Waals surface area contributed by atoms with Gasteiger partial charge in [0.15, 0.2) is 0 Å². The van der Waals surface area contributed by atoms with E-state index >= 15 is 0 Å². The molecule has 1 saturated heterocycles. The van der Waals surface area contributed by atoms with Gasteiger partial charge in [-0.3, -0.25) is 9.78 Å². The van der Waals surface area contributed by atoms with Crippen LogP contribution in [0.4, 0.5) is 5.69 Å². The van der Waals surface area contributed by atoms with Gasteiger partial charge < -0.3 is 10.1 Å². The summed E-state index contributed by atoms with van der Waals surface area (Å²) in [6.07, 6.45) is 3.26. The van der Waals surface area contributed by atoms with Crippen LogP contribution in [-0.2, 0) is 9.53 Å². The van der Waals surface area contributed by atoms with E-state index in [-0.39, 0.29) is 11.8 Å². The molecule has 0 aromatic carbocycles. The Labute approximate surface area is 132 Å². The fraction of sp³-hybridized carbons (Fsp3) is 0.333. The number of rotatable bonds is 3. The Balaban J connectivity index is 1.80. The van der Waals surface area contributed by atoms with Crippen molar-refractivity contribution in [3.05, 3.63) is 34.8 Å². The van der Waals surface area contributed by atoms with Crippen molar-refractivity contribution in [2.75, 3.05) is 18.5 Å². The maximum atomic E-state index is 12.3. The molecule has 4 nitrogen and oxygen atoms in total. The summed E-state index contributed by atoms with van der Waals surface area (Å²) >= 11 is 7.43. The SMILES string of the molecule is O=C(Nc1cccnc1-c1ccc(Cl)s1)C1CCOCC1. The molecule has 0 radical (unpaired) electrons. The van der Waals surface area contributed by atoms with Crippen molar-refractivity contribution >= 4 is 34.5 Å². The number of hydrogen-bond acceptors (Lipinski definition) is 4. The Hall–Kier alpha value is -1.43. The van der Waals surface area contributed by atoms with Crippen LogP contribution in [0.15, 0.2) is 30.5 Å². The van der Waals surface area contributed by atoms with E-state index in [0.717, 1.165) is 29.1 Å². The summed E-state index contributed by atoms with van der Waals surface area (Å²) in [4.78, 5) is 17.7. The monoisotopic (exact) mass is 322 g/mol. The zero-order valence-corrected chi connectivity index (χ0v) is 12.9. The second kappa shape index (κ2) is 6.56. The number of hydrogen-bond donors (Lipinski definition) is 1. The molecule has 0 bridgehead atoms. The van der Waals surface area contributed by atoms with Crippen molar-refractivity contribution in [2.45, 2.75) is 12.8 Å². The topological polar surface area (TPSA) is 51.2 Å². The third kappa shape index (κ3) is 3.43. The average Bonchev–Trinajstić information content (AvgIpc) is 2.95. The number of carbonyl (C=O) groups is 1. The lowest BCUT2D eigenvalue weighted by molar-refractivity contribution is -0.122. The normalized spacial score (nSPS) is 15.9. The second-order valence-electron chi connectivity index (χ2n) is 4.88. The maximum Gasteiger partial charge on any atom is 0.227 e. The van der Waals surface area contributed by atoms with Gasteiger partial charge in [-0.1, -0.05) is 11.6 Å². The van der Waals surface area contributed by atoms with Gasteiger partial charge in [0.1, 0.15) is 5.69 Å². The molecule has 6 heteroatoms. The number of amides is 1.